The monoisotopic (exact) mass is 298 g/mol. The van der Waals surface area contributed by atoms with E-state index in [-0.39, 0.29) is 11.8 Å². The average Bonchev–Trinajstić information content (AvgIpc) is 2.45. The van der Waals surface area contributed by atoms with Gasteiger partial charge in [0.2, 0.25) is 0 Å². The van der Waals surface area contributed by atoms with Gasteiger partial charge >= 0.3 is 6.61 Å². The first kappa shape index (κ1) is 16.2. The van der Waals surface area contributed by atoms with Crippen LogP contribution < -0.4 is 10.5 Å². The Morgan fingerprint density at radius 3 is 2.71 bits per heavy atom. The molecular formula is C16H24F2N2O. The second-order valence-electron chi connectivity index (χ2n) is 5.77. The molecule has 0 aliphatic carbocycles. The van der Waals surface area contributed by atoms with Gasteiger partial charge < -0.3 is 10.5 Å². The molecule has 1 fully saturated rings. The van der Waals surface area contributed by atoms with Crippen molar-refractivity contribution in [2.24, 2.45) is 11.7 Å². The highest BCUT2D eigenvalue weighted by Gasteiger charge is 2.31. The van der Waals surface area contributed by atoms with Gasteiger partial charge in [-0.2, -0.15) is 8.78 Å². The van der Waals surface area contributed by atoms with Gasteiger partial charge in [0, 0.05) is 18.2 Å². The number of para-hydroxylation sites is 1. The number of rotatable bonds is 5. The predicted molar refractivity (Wildman–Crippen MR) is 79.4 cm³/mol. The van der Waals surface area contributed by atoms with E-state index in [0.717, 1.165) is 18.5 Å². The van der Waals surface area contributed by atoms with Crippen molar-refractivity contribution in [3.63, 3.8) is 0 Å². The topological polar surface area (TPSA) is 38.5 Å². The summed E-state index contributed by atoms with van der Waals surface area (Å²) in [7, 11) is 0. The summed E-state index contributed by atoms with van der Waals surface area (Å²) in [6, 6.07) is 7.26. The van der Waals surface area contributed by atoms with Crippen LogP contribution in [0, 0.1) is 5.92 Å². The summed E-state index contributed by atoms with van der Waals surface area (Å²) in [4.78, 5) is 2.32. The molecule has 1 heterocycles. The minimum absolute atomic E-state index is 0.0855. The van der Waals surface area contributed by atoms with Crippen molar-refractivity contribution in [1.82, 2.24) is 4.90 Å². The van der Waals surface area contributed by atoms with E-state index in [9.17, 15) is 8.78 Å². The van der Waals surface area contributed by atoms with Gasteiger partial charge in [-0.05, 0) is 38.3 Å². The zero-order chi connectivity index (χ0) is 15.4. The van der Waals surface area contributed by atoms with Crippen LogP contribution in [0.2, 0.25) is 0 Å². The third kappa shape index (κ3) is 3.71. The molecule has 1 aliphatic rings. The minimum Gasteiger partial charge on any atom is -0.434 e. The van der Waals surface area contributed by atoms with Crippen molar-refractivity contribution in [3.8, 4) is 5.75 Å². The van der Waals surface area contributed by atoms with Crippen molar-refractivity contribution in [2.45, 2.75) is 45.4 Å². The molecule has 2 rings (SSSR count). The van der Waals surface area contributed by atoms with Crippen molar-refractivity contribution >= 4 is 0 Å². The van der Waals surface area contributed by atoms with Gasteiger partial charge in [-0.25, -0.2) is 0 Å². The van der Waals surface area contributed by atoms with Gasteiger partial charge in [-0.3, -0.25) is 4.90 Å². The summed E-state index contributed by atoms with van der Waals surface area (Å²) in [5.41, 5.74) is 6.71. The van der Waals surface area contributed by atoms with E-state index < -0.39 is 6.61 Å². The normalized spacial score (nSPS) is 25.0. The smallest absolute Gasteiger partial charge is 0.387 e. The number of halogens is 2. The van der Waals surface area contributed by atoms with E-state index in [2.05, 4.69) is 23.5 Å². The van der Waals surface area contributed by atoms with Gasteiger partial charge in [-0.1, -0.05) is 25.1 Å². The molecule has 0 bridgehead atoms. The highest BCUT2D eigenvalue weighted by molar-refractivity contribution is 5.36. The van der Waals surface area contributed by atoms with E-state index in [1.807, 2.05) is 12.1 Å². The van der Waals surface area contributed by atoms with Crippen molar-refractivity contribution in [3.05, 3.63) is 29.8 Å². The highest BCUT2D eigenvalue weighted by Crippen LogP contribution is 2.35. The number of ether oxygens (including phenoxy) is 1. The van der Waals surface area contributed by atoms with E-state index in [1.165, 1.54) is 6.42 Å². The van der Waals surface area contributed by atoms with E-state index in [4.69, 9.17) is 5.73 Å². The first-order valence-corrected chi connectivity index (χ1v) is 7.54. The Hall–Kier alpha value is -1.20. The number of nitrogens with two attached hydrogens (primary N) is 1. The summed E-state index contributed by atoms with van der Waals surface area (Å²) in [6.07, 6.45) is 2.31. The lowest BCUT2D eigenvalue weighted by atomic mass is 9.89. The molecule has 0 saturated carbocycles. The molecular weight excluding hydrogens is 274 g/mol. The Morgan fingerprint density at radius 1 is 1.33 bits per heavy atom. The highest BCUT2D eigenvalue weighted by atomic mass is 19.3. The molecule has 1 saturated heterocycles. The molecule has 1 aromatic carbocycles. The zero-order valence-electron chi connectivity index (χ0n) is 12.6. The Bertz CT molecular complexity index is 456. The number of likely N-dealkylation sites (tertiary alicyclic amines) is 1. The third-order valence-electron chi connectivity index (χ3n) is 4.54. The lowest BCUT2D eigenvalue weighted by Gasteiger charge is -2.43. The largest absolute Gasteiger partial charge is 0.434 e. The van der Waals surface area contributed by atoms with Gasteiger partial charge in [-0.15, -0.1) is 0 Å². The van der Waals surface area contributed by atoms with E-state index in [1.54, 1.807) is 12.1 Å². The third-order valence-corrected chi connectivity index (χ3v) is 4.54. The van der Waals surface area contributed by atoms with Crippen LogP contribution in [0.3, 0.4) is 0 Å². The second-order valence-corrected chi connectivity index (χ2v) is 5.77. The molecule has 0 amide bonds. The Kier molecular flexibility index (Phi) is 5.53. The van der Waals surface area contributed by atoms with Gasteiger partial charge in [0.05, 0.1) is 6.04 Å². The molecule has 3 atom stereocenters. The molecule has 0 spiro atoms. The summed E-state index contributed by atoms with van der Waals surface area (Å²) >= 11 is 0. The van der Waals surface area contributed by atoms with Crippen LogP contribution >= 0.6 is 0 Å². The number of benzene rings is 1. The molecule has 118 valence electrons. The van der Waals surface area contributed by atoms with Crippen molar-refractivity contribution in [2.75, 3.05) is 13.1 Å². The number of hydrogen-bond acceptors (Lipinski definition) is 3. The molecule has 5 heteroatoms. The number of piperidine rings is 1. The summed E-state index contributed by atoms with van der Waals surface area (Å²) < 4.78 is 29.8. The SMILES string of the molecule is CC1CCCN(C(CN)c2ccccc2OC(F)F)C1C. The summed E-state index contributed by atoms with van der Waals surface area (Å²) in [5, 5.41) is 0. The van der Waals surface area contributed by atoms with Crippen LogP contribution in [0.4, 0.5) is 8.78 Å². The minimum atomic E-state index is -2.82. The van der Waals surface area contributed by atoms with E-state index in [0.29, 0.717) is 18.5 Å². The van der Waals surface area contributed by atoms with Crippen LogP contribution in [0.5, 0.6) is 5.75 Å². The molecule has 3 nitrogen and oxygen atoms in total. The maximum atomic E-state index is 12.6. The number of hydrogen-bond donors (Lipinski definition) is 1. The van der Waals surface area contributed by atoms with Crippen LogP contribution in [-0.4, -0.2) is 30.6 Å². The van der Waals surface area contributed by atoms with Crippen molar-refractivity contribution < 1.29 is 13.5 Å². The van der Waals surface area contributed by atoms with Crippen LogP contribution in [0.1, 0.15) is 38.3 Å². The second kappa shape index (κ2) is 7.18. The fourth-order valence-electron chi connectivity index (χ4n) is 3.21. The first-order valence-electron chi connectivity index (χ1n) is 7.54. The lowest BCUT2D eigenvalue weighted by Crippen LogP contribution is -2.46. The number of nitrogens with zero attached hydrogens (tertiary/aromatic N) is 1. The molecule has 0 aromatic heterocycles. The zero-order valence-corrected chi connectivity index (χ0v) is 12.6. The molecule has 1 aliphatic heterocycles. The maximum Gasteiger partial charge on any atom is 0.387 e. The molecule has 21 heavy (non-hydrogen) atoms. The molecule has 2 N–H and O–H groups in total. The standard InChI is InChI=1S/C16H24F2N2O/c1-11-6-5-9-20(12(11)2)14(10-19)13-7-3-4-8-15(13)21-16(17)18/h3-4,7-8,11-12,14,16H,5-6,9-10,19H2,1-2H3. The van der Waals surface area contributed by atoms with Crippen LogP contribution in [-0.2, 0) is 0 Å². The first-order chi connectivity index (χ1) is 10.0. The molecule has 3 unspecified atom stereocenters. The Morgan fingerprint density at radius 2 is 2.05 bits per heavy atom. The van der Waals surface area contributed by atoms with Crippen LogP contribution in [0.25, 0.3) is 0 Å². The van der Waals surface area contributed by atoms with E-state index >= 15 is 0 Å². The van der Waals surface area contributed by atoms with Gasteiger partial charge in [0.25, 0.3) is 0 Å². The number of alkyl halides is 2. The Balaban J connectivity index is 2.28. The van der Waals surface area contributed by atoms with Crippen molar-refractivity contribution in [1.29, 1.82) is 0 Å². The molecule has 1 aromatic rings. The van der Waals surface area contributed by atoms with Gasteiger partial charge in [0.1, 0.15) is 5.75 Å². The average molecular weight is 298 g/mol. The summed E-state index contributed by atoms with van der Waals surface area (Å²) in [6.45, 7) is 2.92. The van der Waals surface area contributed by atoms with Crippen LogP contribution in [0.15, 0.2) is 24.3 Å². The quantitative estimate of drug-likeness (QED) is 0.905. The predicted octanol–water partition coefficient (Wildman–Crippen LogP) is 3.41. The lowest BCUT2D eigenvalue weighted by molar-refractivity contribution is -0.0516. The Labute approximate surface area is 125 Å². The maximum absolute atomic E-state index is 12.6. The molecule has 0 radical (unpaired) electrons. The fourth-order valence-corrected chi connectivity index (χ4v) is 3.21. The van der Waals surface area contributed by atoms with Gasteiger partial charge in [0.15, 0.2) is 0 Å². The summed E-state index contributed by atoms with van der Waals surface area (Å²) in [5.74, 6) is 0.810. The fraction of sp³-hybridized carbons (Fsp3) is 0.625.